The summed E-state index contributed by atoms with van der Waals surface area (Å²) >= 11 is 0. The summed E-state index contributed by atoms with van der Waals surface area (Å²) in [6.07, 6.45) is 0. The van der Waals surface area contributed by atoms with Crippen LogP contribution in [-0.2, 0) is 0 Å². The number of hydrogen-bond acceptors (Lipinski definition) is 4. The zero-order valence-electron chi connectivity index (χ0n) is 16.5. The van der Waals surface area contributed by atoms with E-state index in [0.29, 0.717) is 5.75 Å². The van der Waals surface area contributed by atoms with Gasteiger partial charge in [-0.15, -0.1) is 0 Å². The van der Waals surface area contributed by atoms with Crippen LogP contribution < -0.4 is 14.2 Å². The van der Waals surface area contributed by atoms with Crippen LogP contribution in [0.5, 0.6) is 17.2 Å². The Hall–Kier alpha value is -3.73. The Morgan fingerprint density at radius 3 is 2.21 bits per heavy atom. The number of fused-ring (bicyclic) bond motifs is 5. The van der Waals surface area contributed by atoms with Gasteiger partial charge >= 0.3 is 0 Å². The van der Waals surface area contributed by atoms with E-state index < -0.39 is 0 Å². The monoisotopic (exact) mass is 384 g/mol. The Labute approximate surface area is 168 Å². The van der Waals surface area contributed by atoms with Crippen LogP contribution in [0.4, 0.5) is 0 Å². The molecule has 29 heavy (non-hydrogen) atoms. The van der Waals surface area contributed by atoms with Crippen molar-refractivity contribution in [2.24, 2.45) is 0 Å². The number of ether oxygens (including phenoxy) is 3. The molecule has 0 unspecified atom stereocenters. The topological polar surface area (TPSA) is 45.0 Å². The van der Waals surface area contributed by atoms with Gasteiger partial charge in [0.1, 0.15) is 33.9 Å². The van der Waals surface area contributed by atoms with Gasteiger partial charge in [0.2, 0.25) is 0 Å². The Bertz CT molecular complexity index is 1350. The lowest BCUT2D eigenvalue weighted by atomic mass is 10.1. The molecule has 3 aromatic carbocycles. The van der Waals surface area contributed by atoms with Gasteiger partial charge in [-0.2, -0.15) is 0 Å². The van der Waals surface area contributed by atoms with Gasteiger partial charge in [-0.25, -0.2) is 4.98 Å². The van der Waals surface area contributed by atoms with Crippen LogP contribution in [0, 0.1) is 0 Å². The smallest absolute Gasteiger partial charge is 0.147 e. The second-order valence-electron chi connectivity index (χ2n) is 6.78. The standard InChI is InChI=1S/C24H20N2O3/c1-27-17-10-8-15(9-11-17)19-14-16-6-4-5-7-18(16)24-25-22-20(28-2)12-13-21(29-3)23(22)26(19)24/h4-14H,1-3H3. The Morgan fingerprint density at radius 2 is 1.48 bits per heavy atom. The number of rotatable bonds is 4. The fourth-order valence-corrected chi connectivity index (χ4v) is 3.89. The molecule has 0 N–H and O–H groups in total. The predicted octanol–water partition coefficient (Wildman–Crippen LogP) is 5.33. The molecular weight excluding hydrogens is 364 g/mol. The molecule has 0 amide bonds. The molecule has 5 rings (SSSR count). The number of imidazole rings is 1. The van der Waals surface area contributed by atoms with Crippen molar-refractivity contribution in [3.8, 4) is 28.5 Å². The molecular formula is C24H20N2O3. The first-order valence-corrected chi connectivity index (χ1v) is 9.34. The van der Waals surface area contributed by atoms with Crippen molar-refractivity contribution < 1.29 is 14.2 Å². The number of aromatic nitrogens is 2. The highest BCUT2D eigenvalue weighted by atomic mass is 16.5. The summed E-state index contributed by atoms with van der Waals surface area (Å²) in [7, 11) is 5.01. The molecule has 5 nitrogen and oxygen atoms in total. The lowest BCUT2D eigenvalue weighted by Gasteiger charge is -2.12. The quantitative estimate of drug-likeness (QED) is 0.420. The Kier molecular flexibility index (Phi) is 4.02. The molecule has 0 atom stereocenters. The molecule has 0 saturated heterocycles. The molecule has 0 aliphatic heterocycles. The minimum Gasteiger partial charge on any atom is -0.497 e. The average molecular weight is 384 g/mol. The minimum absolute atomic E-state index is 0.717. The van der Waals surface area contributed by atoms with E-state index >= 15 is 0 Å². The number of methoxy groups -OCH3 is 3. The Morgan fingerprint density at radius 1 is 0.759 bits per heavy atom. The summed E-state index contributed by atoms with van der Waals surface area (Å²) in [5.74, 6) is 2.29. The van der Waals surface area contributed by atoms with Crippen molar-refractivity contribution in [1.82, 2.24) is 9.38 Å². The summed E-state index contributed by atoms with van der Waals surface area (Å²) < 4.78 is 18.8. The maximum Gasteiger partial charge on any atom is 0.147 e. The first kappa shape index (κ1) is 17.4. The third-order valence-corrected chi connectivity index (χ3v) is 5.29. The molecule has 0 aliphatic carbocycles. The van der Waals surface area contributed by atoms with Crippen LogP contribution in [0.3, 0.4) is 0 Å². The van der Waals surface area contributed by atoms with Crippen LogP contribution in [0.1, 0.15) is 0 Å². The molecule has 5 aromatic rings. The van der Waals surface area contributed by atoms with Crippen LogP contribution in [-0.4, -0.2) is 30.7 Å². The van der Waals surface area contributed by atoms with E-state index in [1.807, 2.05) is 36.4 Å². The van der Waals surface area contributed by atoms with Gasteiger partial charge in [0.15, 0.2) is 0 Å². The van der Waals surface area contributed by atoms with Crippen molar-refractivity contribution in [3.05, 3.63) is 66.7 Å². The van der Waals surface area contributed by atoms with Gasteiger partial charge < -0.3 is 14.2 Å². The van der Waals surface area contributed by atoms with Crippen molar-refractivity contribution in [2.45, 2.75) is 0 Å². The second kappa shape index (κ2) is 6.71. The number of hydrogen-bond donors (Lipinski definition) is 0. The van der Waals surface area contributed by atoms with E-state index in [9.17, 15) is 0 Å². The van der Waals surface area contributed by atoms with Crippen LogP contribution in [0.2, 0.25) is 0 Å². The van der Waals surface area contributed by atoms with E-state index in [2.05, 4.69) is 34.7 Å². The SMILES string of the molecule is COc1ccc(-c2cc3ccccc3c3nc4c(OC)ccc(OC)c4n23)cc1. The maximum atomic E-state index is 5.70. The fraction of sp³-hybridized carbons (Fsp3) is 0.125. The van der Waals surface area contributed by atoms with Gasteiger partial charge in [0.05, 0.1) is 27.0 Å². The normalized spacial score (nSPS) is 11.3. The number of benzene rings is 3. The zero-order chi connectivity index (χ0) is 20.0. The van der Waals surface area contributed by atoms with Gasteiger partial charge in [0.25, 0.3) is 0 Å². The molecule has 144 valence electrons. The van der Waals surface area contributed by atoms with Gasteiger partial charge in [0, 0.05) is 5.39 Å². The number of pyridine rings is 1. The molecule has 2 aromatic heterocycles. The van der Waals surface area contributed by atoms with Crippen LogP contribution in [0.15, 0.2) is 66.7 Å². The zero-order valence-corrected chi connectivity index (χ0v) is 16.5. The maximum absolute atomic E-state index is 5.70. The number of nitrogens with zero attached hydrogens (tertiary/aromatic N) is 2. The second-order valence-corrected chi connectivity index (χ2v) is 6.78. The van der Waals surface area contributed by atoms with Gasteiger partial charge in [-0.3, -0.25) is 4.40 Å². The predicted molar refractivity (Wildman–Crippen MR) is 115 cm³/mol. The third kappa shape index (κ3) is 2.58. The van der Waals surface area contributed by atoms with Gasteiger partial charge in [-0.1, -0.05) is 24.3 Å². The van der Waals surface area contributed by atoms with Crippen LogP contribution in [0.25, 0.3) is 38.7 Å². The van der Waals surface area contributed by atoms with E-state index in [-0.39, 0.29) is 0 Å². The van der Waals surface area contributed by atoms with E-state index in [1.165, 1.54) is 0 Å². The van der Waals surface area contributed by atoms with Crippen LogP contribution >= 0.6 is 0 Å². The Balaban J connectivity index is 1.99. The van der Waals surface area contributed by atoms with Gasteiger partial charge in [-0.05, 0) is 53.4 Å². The molecule has 0 bridgehead atoms. The summed E-state index contributed by atoms with van der Waals surface area (Å²) in [6, 6.07) is 22.3. The van der Waals surface area contributed by atoms with E-state index in [1.54, 1.807) is 21.3 Å². The van der Waals surface area contributed by atoms with E-state index in [4.69, 9.17) is 19.2 Å². The van der Waals surface area contributed by atoms with Crippen molar-refractivity contribution in [1.29, 1.82) is 0 Å². The first-order valence-electron chi connectivity index (χ1n) is 9.34. The van der Waals surface area contributed by atoms with Crippen molar-refractivity contribution in [2.75, 3.05) is 21.3 Å². The highest BCUT2D eigenvalue weighted by Gasteiger charge is 2.19. The first-order chi connectivity index (χ1) is 14.2. The lowest BCUT2D eigenvalue weighted by Crippen LogP contribution is -1.96. The summed E-state index contributed by atoms with van der Waals surface area (Å²) in [5.41, 5.74) is 4.62. The van der Waals surface area contributed by atoms with E-state index in [0.717, 1.165) is 50.2 Å². The fourth-order valence-electron chi connectivity index (χ4n) is 3.89. The van der Waals surface area contributed by atoms with Crippen molar-refractivity contribution in [3.63, 3.8) is 0 Å². The van der Waals surface area contributed by atoms with Crippen molar-refractivity contribution >= 4 is 27.5 Å². The summed E-state index contributed by atoms with van der Waals surface area (Å²) in [4.78, 5) is 4.98. The third-order valence-electron chi connectivity index (χ3n) is 5.29. The summed E-state index contributed by atoms with van der Waals surface area (Å²) in [6.45, 7) is 0. The molecule has 5 heteroatoms. The minimum atomic E-state index is 0.717. The highest BCUT2D eigenvalue weighted by molar-refractivity contribution is 6.03. The summed E-state index contributed by atoms with van der Waals surface area (Å²) in [5, 5.41) is 2.20. The largest absolute Gasteiger partial charge is 0.497 e. The molecule has 0 fully saturated rings. The average Bonchev–Trinajstić information content (AvgIpc) is 3.19. The molecule has 0 radical (unpaired) electrons. The molecule has 0 spiro atoms. The molecule has 2 heterocycles. The molecule has 0 aliphatic rings. The molecule has 0 saturated carbocycles. The lowest BCUT2D eigenvalue weighted by molar-refractivity contribution is 0.409. The highest BCUT2D eigenvalue weighted by Crippen LogP contribution is 2.38.